The molecule has 0 atom stereocenters. The fraction of sp³-hybridized carbons (Fsp3) is 0.273. The second-order valence-corrected chi connectivity index (χ2v) is 3.63. The fourth-order valence-corrected chi connectivity index (χ4v) is 1.33. The Balaban J connectivity index is 2.55. The minimum absolute atomic E-state index is 0.0832. The molecule has 1 aromatic carbocycles. The SMILES string of the molecule is CCC(=O)NC(=S)Nc1cccc(C)c1. The molecule has 2 N–H and O–H groups in total. The molecule has 0 aliphatic rings. The fourth-order valence-electron chi connectivity index (χ4n) is 1.10. The second-order valence-electron chi connectivity index (χ2n) is 3.23. The molecule has 0 aromatic heterocycles. The Morgan fingerprint density at radius 3 is 2.80 bits per heavy atom. The van der Waals surface area contributed by atoms with Gasteiger partial charge in [0, 0.05) is 12.1 Å². The molecule has 1 aromatic rings. The molecule has 0 spiro atoms. The summed E-state index contributed by atoms with van der Waals surface area (Å²) in [5.74, 6) is -0.0832. The summed E-state index contributed by atoms with van der Waals surface area (Å²) >= 11 is 4.98. The van der Waals surface area contributed by atoms with Gasteiger partial charge in [0.2, 0.25) is 5.91 Å². The van der Waals surface area contributed by atoms with Gasteiger partial charge >= 0.3 is 0 Å². The predicted molar refractivity (Wildman–Crippen MR) is 65.8 cm³/mol. The molecular weight excluding hydrogens is 208 g/mol. The molecule has 0 unspecified atom stereocenters. The van der Waals surface area contributed by atoms with Gasteiger partial charge in [0.05, 0.1) is 0 Å². The zero-order valence-corrected chi connectivity index (χ0v) is 9.65. The largest absolute Gasteiger partial charge is 0.332 e. The molecule has 3 nitrogen and oxygen atoms in total. The summed E-state index contributed by atoms with van der Waals surface area (Å²) in [5.41, 5.74) is 2.03. The first-order valence-electron chi connectivity index (χ1n) is 4.79. The Bertz CT molecular complexity index is 377. The number of benzene rings is 1. The van der Waals surface area contributed by atoms with Gasteiger partial charge < -0.3 is 10.6 Å². The topological polar surface area (TPSA) is 41.1 Å². The zero-order valence-electron chi connectivity index (χ0n) is 8.83. The summed E-state index contributed by atoms with van der Waals surface area (Å²) in [6, 6.07) is 7.79. The van der Waals surface area contributed by atoms with Crippen molar-refractivity contribution in [3.63, 3.8) is 0 Å². The number of carbonyl (C=O) groups excluding carboxylic acids is 1. The maximum absolute atomic E-state index is 11.0. The molecule has 0 aliphatic heterocycles. The van der Waals surface area contributed by atoms with Crippen LogP contribution in [0.4, 0.5) is 5.69 Å². The number of hydrogen-bond donors (Lipinski definition) is 2. The molecule has 80 valence electrons. The predicted octanol–water partition coefficient (Wildman–Crippen LogP) is 2.22. The van der Waals surface area contributed by atoms with Crippen LogP contribution in [0.25, 0.3) is 0 Å². The number of carbonyl (C=O) groups is 1. The highest BCUT2D eigenvalue weighted by Crippen LogP contribution is 2.08. The Morgan fingerprint density at radius 2 is 2.20 bits per heavy atom. The van der Waals surface area contributed by atoms with E-state index in [1.807, 2.05) is 31.2 Å². The summed E-state index contributed by atoms with van der Waals surface area (Å²) < 4.78 is 0. The Labute approximate surface area is 94.9 Å². The van der Waals surface area contributed by atoms with Crippen molar-refractivity contribution in [3.8, 4) is 0 Å². The number of aryl methyl sites for hydroxylation is 1. The van der Waals surface area contributed by atoms with Crippen molar-refractivity contribution in [1.29, 1.82) is 0 Å². The summed E-state index contributed by atoms with van der Waals surface area (Å²) in [7, 11) is 0. The quantitative estimate of drug-likeness (QED) is 0.754. The number of amides is 1. The number of rotatable bonds is 2. The lowest BCUT2D eigenvalue weighted by Gasteiger charge is -2.08. The third kappa shape index (κ3) is 4.08. The number of hydrogen-bond acceptors (Lipinski definition) is 2. The maximum Gasteiger partial charge on any atom is 0.225 e. The van der Waals surface area contributed by atoms with Crippen LogP contribution in [0.2, 0.25) is 0 Å². The second kappa shape index (κ2) is 5.46. The maximum atomic E-state index is 11.0. The highest BCUT2D eigenvalue weighted by atomic mass is 32.1. The summed E-state index contributed by atoms with van der Waals surface area (Å²) in [5, 5.41) is 5.87. The first-order chi connectivity index (χ1) is 7.11. The van der Waals surface area contributed by atoms with Gasteiger partial charge in [0.1, 0.15) is 0 Å². The molecule has 0 saturated carbocycles. The van der Waals surface area contributed by atoms with E-state index >= 15 is 0 Å². The van der Waals surface area contributed by atoms with Gasteiger partial charge in [-0.1, -0.05) is 19.1 Å². The van der Waals surface area contributed by atoms with Crippen LogP contribution in [0, 0.1) is 6.92 Å². The lowest BCUT2D eigenvalue weighted by Crippen LogP contribution is -2.33. The highest BCUT2D eigenvalue weighted by Gasteiger charge is 2.01. The number of thiocarbonyl (C=S) groups is 1. The molecule has 0 heterocycles. The Morgan fingerprint density at radius 1 is 1.47 bits per heavy atom. The van der Waals surface area contributed by atoms with E-state index in [4.69, 9.17) is 12.2 Å². The van der Waals surface area contributed by atoms with E-state index < -0.39 is 0 Å². The summed E-state index contributed by atoms with van der Waals surface area (Å²) in [4.78, 5) is 11.0. The molecule has 0 radical (unpaired) electrons. The van der Waals surface area contributed by atoms with Crippen LogP contribution in [0.15, 0.2) is 24.3 Å². The standard InChI is InChI=1S/C11H14N2OS/c1-3-10(14)13-11(15)12-9-6-4-5-8(2)7-9/h4-7H,3H2,1-2H3,(H2,12,13,14,15). The van der Waals surface area contributed by atoms with Crippen molar-refractivity contribution in [2.24, 2.45) is 0 Å². The monoisotopic (exact) mass is 222 g/mol. The van der Waals surface area contributed by atoms with Crippen molar-refractivity contribution in [1.82, 2.24) is 5.32 Å². The van der Waals surface area contributed by atoms with E-state index in [9.17, 15) is 4.79 Å². The molecule has 15 heavy (non-hydrogen) atoms. The minimum atomic E-state index is -0.0832. The van der Waals surface area contributed by atoms with Crippen LogP contribution in [0.1, 0.15) is 18.9 Å². The first-order valence-corrected chi connectivity index (χ1v) is 5.20. The molecular formula is C11H14N2OS. The lowest BCUT2D eigenvalue weighted by molar-refractivity contribution is -0.119. The van der Waals surface area contributed by atoms with Crippen molar-refractivity contribution < 1.29 is 4.79 Å². The Kier molecular flexibility index (Phi) is 4.24. The average Bonchev–Trinajstić information content (AvgIpc) is 2.17. The van der Waals surface area contributed by atoms with E-state index in [1.54, 1.807) is 6.92 Å². The van der Waals surface area contributed by atoms with Crippen LogP contribution >= 0.6 is 12.2 Å². The van der Waals surface area contributed by atoms with Crippen LogP contribution in [0.5, 0.6) is 0 Å². The van der Waals surface area contributed by atoms with Gasteiger partial charge in [-0.15, -0.1) is 0 Å². The van der Waals surface area contributed by atoms with Gasteiger partial charge in [0.15, 0.2) is 5.11 Å². The summed E-state index contributed by atoms with van der Waals surface area (Å²) in [6.07, 6.45) is 0.426. The molecule has 0 bridgehead atoms. The molecule has 1 rings (SSSR count). The van der Waals surface area contributed by atoms with Crippen LogP contribution < -0.4 is 10.6 Å². The molecule has 0 fully saturated rings. The van der Waals surface area contributed by atoms with E-state index in [0.29, 0.717) is 11.5 Å². The van der Waals surface area contributed by atoms with Gasteiger partial charge in [-0.05, 0) is 36.8 Å². The van der Waals surface area contributed by atoms with E-state index in [2.05, 4.69) is 10.6 Å². The molecule has 0 saturated heterocycles. The normalized spacial score (nSPS) is 9.47. The van der Waals surface area contributed by atoms with Gasteiger partial charge in [-0.2, -0.15) is 0 Å². The highest BCUT2D eigenvalue weighted by molar-refractivity contribution is 7.80. The smallest absolute Gasteiger partial charge is 0.225 e. The first kappa shape index (κ1) is 11.7. The van der Waals surface area contributed by atoms with E-state index in [1.165, 1.54) is 0 Å². The van der Waals surface area contributed by atoms with E-state index in [-0.39, 0.29) is 5.91 Å². The number of anilines is 1. The third-order valence-corrected chi connectivity index (χ3v) is 2.05. The van der Waals surface area contributed by atoms with Crippen molar-refractivity contribution in [3.05, 3.63) is 29.8 Å². The molecule has 1 amide bonds. The van der Waals surface area contributed by atoms with Gasteiger partial charge in [-0.25, -0.2) is 0 Å². The van der Waals surface area contributed by atoms with Crippen LogP contribution in [0.3, 0.4) is 0 Å². The van der Waals surface area contributed by atoms with Crippen molar-refractivity contribution in [2.75, 3.05) is 5.32 Å². The lowest BCUT2D eigenvalue weighted by atomic mass is 10.2. The van der Waals surface area contributed by atoms with E-state index in [0.717, 1.165) is 11.3 Å². The summed E-state index contributed by atoms with van der Waals surface area (Å²) in [6.45, 7) is 3.78. The average molecular weight is 222 g/mol. The Hall–Kier alpha value is -1.42. The number of nitrogens with one attached hydrogen (secondary N) is 2. The van der Waals surface area contributed by atoms with Crippen molar-refractivity contribution in [2.45, 2.75) is 20.3 Å². The molecule has 4 heteroatoms. The van der Waals surface area contributed by atoms with Crippen LogP contribution in [-0.2, 0) is 4.79 Å². The minimum Gasteiger partial charge on any atom is -0.332 e. The van der Waals surface area contributed by atoms with Gasteiger partial charge in [-0.3, -0.25) is 4.79 Å². The molecule has 0 aliphatic carbocycles. The third-order valence-electron chi connectivity index (χ3n) is 1.85. The van der Waals surface area contributed by atoms with Crippen molar-refractivity contribution >= 4 is 28.9 Å². The van der Waals surface area contributed by atoms with Gasteiger partial charge in [0.25, 0.3) is 0 Å². The zero-order chi connectivity index (χ0) is 11.3. The van der Waals surface area contributed by atoms with Crippen LogP contribution in [-0.4, -0.2) is 11.0 Å².